The Morgan fingerprint density at radius 3 is 2.67 bits per heavy atom. The van der Waals surface area contributed by atoms with E-state index in [9.17, 15) is 9.59 Å². The minimum Gasteiger partial charge on any atom is -0.478 e. The number of carbonyl (C=O) groups is 2. The number of hydrogen-bond acceptors (Lipinski definition) is 3. The maximum atomic E-state index is 11.8. The average Bonchev–Trinajstić information content (AvgIpc) is 2.70. The number of amides is 1. The Labute approximate surface area is 110 Å². The topological polar surface area (TPSA) is 66.4 Å². The number of nitrogens with one attached hydrogen (secondary N) is 1. The molecule has 0 fully saturated rings. The second-order valence-electron chi connectivity index (χ2n) is 5.15. The van der Waals surface area contributed by atoms with Crippen LogP contribution < -0.4 is 5.32 Å². The highest BCUT2D eigenvalue weighted by atomic mass is 32.1. The van der Waals surface area contributed by atoms with E-state index in [1.54, 1.807) is 11.4 Å². The summed E-state index contributed by atoms with van der Waals surface area (Å²) >= 11 is 1.34. The lowest BCUT2D eigenvalue weighted by Gasteiger charge is -2.18. The van der Waals surface area contributed by atoms with E-state index in [0.717, 1.165) is 11.0 Å². The molecule has 98 valence electrons. The van der Waals surface area contributed by atoms with Gasteiger partial charge in [0.05, 0.1) is 5.56 Å². The normalized spacial score (nSPS) is 11.7. The Hall–Kier alpha value is -1.62. The number of thiophene rings is 1. The van der Waals surface area contributed by atoms with Gasteiger partial charge in [0.25, 0.3) is 5.91 Å². The van der Waals surface area contributed by atoms with Crippen LogP contribution in [0.25, 0.3) is 6.08 Å². The van der Waals surface area contributed by atoms with Crippen molar-refractivity contribution < 1.29 is 14.7 Å². The van der Waals surface area contributed by atoms with Gasteiger partial charge in [-0.2, -0.15) is 0 Å². The van der Waals surface area contributed by atoms with Crippen LogP contribution in [0.3, 0.4) is 0 Å². The third kappa shape index (κ3) is 5.14. The summed E-state index contributed by atoms with van der Waals surface area (Å²) in [6.07, 6.45) is 2.54. The molecule has 0 saturated carbocycles. The van der Waals surface area contributed by atoms with Gasteiger partial charge in [-0.05, 0) is 17.6 Å². The minimum absolute atomic E-state index is 0.0394. The quantitative estimate of drug-likeness (QED) is 0.824. The summed E-state index contributed by atoms with van der Waals surface area (Å²) in [4.78, 5) is 22.9. The van der Waals surface area contributed by atoms with Crippen molar-refractivity contribution in [3.8, 4) is 0 Å². The highest BCUT2D eigenvalue weighted by Crippen LogP contribution is 2.17. The van der Waals surface area contributed by atoms with Gasteiger partial charge in [-0.15, -0.1) is 11.3 Å². The van der Waals surface area contributed by atoms with Gasteiger partial charge in [0, 0.05) is 22.9 Å². The fraction of sp³-hybridized carbons (Fsp3) is 0.385. The fourth-order valence-electron chi connectivity index (χ4n) is 1.16. The van der Waals surface area contributed by atoms with Crippen LogP contribution in [0.1, 0.15) is 36.0 Å². The zero-order chi connectivity index (χ0) is 13.8. The van der Waals surface area contributed by atoms with Gasteiger partial charge in [0.1, 0.15) is 0 Å². The monoisotopic (exact) mass is 267 g/mol. The number of carboxylic acid groups (broad SMARTS) is 1. The van der Waals surface area contributed by atoms with Crippen LogP contribution in [-0.4, -0.2) is 23.5 Å². The molecular weight excluding hydrogens is 250 g/mol. The first-order valence-electron chi connectivity index (χ1n) is 5.56. The summed E-state index contributed by atoms with van der Waals surface area (Å²) in [6, 6.07) is 1.68. The number of carbonyl (C=O) groups excluding carboxylic acids is 1. The fourth-order valence-corrected chi connectivity index (χ4v) is 1.94. The molecule has 2 N–H and O–H groups in total. The number of aliphatic carboxylic acids is 1. The van der Waals surface area contributed by atoms with E-state index in [-0.39, 0.29) is 11.3 Å². The molecule has 1 amide bonds. The Morgan fingerprint density at radius 1 is 1.44 bits per heavy atom. The summed E-state index contributed by atoms with van der Waals surface area (Å²) in [5.41, 5.74) is 0.604. The molecule has 18 heavy (non-hydrogen) atoms. The summed E-state index contributed by atoms with van der Waals surface area (Å²) in [5, 5.41) is 13.1. The molecule has 0 aliphatic heterocycles. The van der Waals surface area contributed by atoms with Crippen molar-refractivity contribution in [3.63, 3.8) is 0 Å². The predicted octanol–water partition coefficient (Wildman–Crippen LogP) is 2.62. The molecule has 0 unspecified atom stereocenters. The van der Waals surface area contributed by atoms with Crippen LogP contribution in [0.15, 0.2) is 17.5 Å². The molecule has 1 aromatic rings. The van der Waals surface area contributed by atoms with E-state index in [0.29, 0.717) is 12.1 Å². The molecule has 1 heterocycles. The highest BCUT2D eigenvalue weighted by molar-refractivity contribution is 7.11. The van der Waals surface area contributed by atoms with Crippen LogP contribution in [0.2, 0.25) is 0 Å². The van der Waals surface area contributed by atoms with Crippen molar-refractivity contribution in [1.29, 1.82) is 0 Å². The van der Waals surface area contributed by atoms with Crippen LogP contribution in [0.5, 0.6) is 0 Å². The van der Waals surface area contributed by atoms with Crippen molar-refractivity contribution in [2.45, 2.75) is 20.8 Å². The number of carboxylic acids is 1. The molecule has 0 aliphatic carbocycles. The van der Waals surface area contributed by atoms with Gasteiger partial charge in [0.15, 0.2) is 0 Å². The molecule has 0 spiro atoms. The second-order valence-corrected chi connectivity index (χ2v) is 6.10. The third-order valence-corrected chi connectivity index (χ3v) is 2.95. The van der Waals surface area contributed by atoms with Gasteiger partial charge < -0.3 is 10.4 Å². The van der Waals surface area contributed by atoms with E-state index < -0.39 is 5.97 Å². The standard InChI is InChI=1S/C13H17NO3S/c1-13(2,3)8-14-12(17)9-6-10(18-7-9)4-5-11(15)16/h4-7H,8H2,1-3H3,(H,14,17)(H,15,16). The van der Waals surface area contributed by atoms with Crippen molar-refractivity contribution >= 4 is 29.3 Å². The Bertz CT molecular complexity index is 469. The van der Waals surface area contributed by atoms with Crippen LogP contribution >= 0.6 is 11.3 Å². The van der Waals surface area contributed by atoms with E-state index in [1.165, 1.54) is 17.4 Å². The smallest absolute Gasteiger partial charge is 0.328 e. The molecule has 0 aliphatic rings. The van der Waals surface area contributed by atoms with Crippen LogP contribution in [0, 0.1) is 5.41 Å². The van der Waals surface area contributed by atoms with Gasteiger partial charge >= 0.3 is 5.97 Å². The maximum absolute atomic E-state index is 11.8. The first kappa shape index (κ1) is 14.4. The first-order valence-corrected chi connectivity index (χ1v) is 6.44. The predicted molar refractivity (Wildman–Crippen MR) is 72.8 cm³/mol. The van der Waals surface area contributed by atoms with Crippen molar-refractivity contribution in [2.24, 2.45) is 5.41 Å². The molecule has 0 atom stereocenters. The van der Waals surface area contributed by atoms with E-state index >= 15 is 0 Å². The SMILES string of the molecule is CC(C)(C)CNC(=O)c1csc(C=CC(=O)O)c1. The minimum atomic E-state index is -0.998. The van der Waals surface area contributed by atoms with E-state index in [4.69, 9.17) is 5.11 Å². The van der Waals surface area contributed by atoms with Gasteiger partial charge in [0.2, 0.25) is 0 Å². The largest absolute Gasteiger partial charge is 0.478 e. The molecule has 0 aromatic carbocycles. The van der Waals surface area contributed by atoms with Gasteiger partial charge in [-0.1, -0.05) is 20.8 Å². The van der Waals surface area contributed by atoms with Gasteiger partial charge in [-0.3, -0.25) is 4.79 Å². The summed E-state index contributed by atoms with van der Waals surface area (Å²) in [6.45, 7) is 6.73. The zero-order valence-corrected chi connectivity index (χ0v) is 11.5. The van der Waals surface area contributed by atoms with Crippen LogP contribution in [-0.2, 0) is 4.79 Å². The van der Waals surface area contributed by atoms with E-state index in [2.05, 4.69) is 5.32 Å². The molecule has 1 rings (SSSR count). The summed E-state index contributed by atoms with van der Waals surface area (Å²) in [7, 11) is 0. The Kier molecular flexibility index (Phi) is 4.67. The highest BCUT2D eigenvalue weighted by Gasteiger charge is 2.13. The zero-order valence-electron chi connectivity index (χ0n) is 10.7. The lowest BCUT2D eigenvalue weighted by atomic mass is 9.97. The Balaban J connectivity index is 2.62. The lowest BCUT2D eigenvalue weighted by molar-refractivity contribution is -0.131. The average molecular weight is 267 g/mol. The first-order chi connectivity index (χ1) is 8.28. The van der Waals surface area contributed by atoms with Crippen LogP contribution in [0.4, 0.5) is 0 Å². The number of hydrogen-bond donors (Lipinski definition) is 2. The maximum Gasteiger partial charge on any atom is 0.328 e. The molecule has 0 saturated heterocycles. The van der Waals surface area contributed by atoms with Gasteiger partial charge in [-0.25, -0.2) is 4.79 Å². The van der Waals surface area contributed by atoms with E-state index in [1.807, 2.05) is 20.8 Å². The summed E-state index contributed by atoms with van der Waals surface area (Å²) < 4.78 is 0. The molecule has 1 aromatic heterocycles. The molecule has 0 bridgehead atoms. The number of rotatable bonds is 4. The Morgan fingerprint density at radius 2 is 2.11 bits per heavy atom. The van der Waals surface area contributed by atoms with Crippen molar-refractivity contribution in [1.82, 2.24) is 5.32 Å². The second kappa shape index (κ2) is 5.82. The van der Waals surface area contributed by atoms with Crippen molar-refractivity contribution in [2.75, 3.05) is 6.54 Å². The molecule has 4 nitrogen and oxygen atoms in total. The van der Waals surface area contributed by atoms with Crippen molar-refractivity contribution in [3.05, 3.63) is 28.0 Å². The lowest BCUT2D eigenvalue weighted by Crippen LogP contribution is -2.31. The summed E-state index contributed by atoms with van der Waals surface area (Å²) in [5.74, 6) is -1.13. The molecular formula is C13H17NO3S. The molecule has 0 radical (unpaired) electrons. The third-order valence-electron chi connectivity index (χ3n) is 2.05. The molecule has 5 heteroatoms.